The highest BCUT2D eigenvalue weighted by Crippen LogP contribution is 2.61. The number of halogens is 3. The van der Waals surface area contributed by atoms with Gasteiger partial charge in [0.1, 0.15) is 17.4 Å². The number of aromatic nitrogens is 4. The van der Waals surface area contributed by atoms with Crippen molar-refractivity contribution in [2.45, 2.75) is 58.5 Å². The third kappa shape index (κ3) is 4.94. The van der Waals surface area contributed by atoms with E-state index in [0.29, 0.717) is 18.4 Å². The van der Waals surface area contributed by atoms with Crippen molar-refractivity contribution in [1.82, 2.24) is 25.1 Å². The van der Waals surface area contributed by atoms with Gasteiger partial charge in [0.15, 0.2) is 17.4 Å². The van der Waals surface area contributed by atoms with Crippen molar-refractivity contribution in [1.29, 1.82) is 0 Å². The van der Waals surface area contributed by atoms with Crippen LogP contribution < -0.4 is 15.4 Å². The number of hydrogen-bond donors (Lipinski definition) is 3. The summed E-state index contributed by atoms with van der Waals surface area (Å²) in [5.74, 6) is -5.15. The Morgan fingerprint density at radius 3 is 2.56 bits per heavy atom. The molecule has 6 rings (SSSR count). The Labute approximate surface area is 245 Å². The normalized spacial score (nSPS) is 17.3. The average molecular weight is 593 g/mol. The van der Waals surface area contributed by atoms with Crippen LogP contribution in [-0.2, 0) is 4.79 Å². The predicted octanol–water partition coefficient (Wildman–Crippen LogP) is 5.58. The maximum atomic E-state index is 15.3. The van der Waals surface area contributed by atoms with Crippen molar-refractivity contribution < 1.29 is 27.5 Å². The van der Waals surface area contributed by atoms with Gasteiger partial charge in [-0.2, -0.15) is 9.49 Å². The molecule has 0 bridgehead atoms. The molecule has 1 aliphatic carbocycles. The monoisotopic (exact) mass is 592 g/mol. The van der Waals surface area contributed by atoms with E-state index < -0.39 is 46.6 Å². The third-order valence-electron chi connectivity index (χ3n) is 8.39. The first-order valence-corrected chi connectivity index (χ1v) is 14.1. The summed E-state index contributed by atoms with van der Waals surface area (Å²) in [6, 6.07) is 3.68. The number of nitrogens with one attached hydrogen (secondary N) is 3. The molecule has 0 radical (unpaired) electrons. The van der Waals surface area contributed by atoms with Crippen LogP contribution in [0.15, 0.2) is 42.9 Å². The molecule has 1 fully saturated rings. The van der Waals surface area contributed by atoms with Crippen LogP contribution in [-0.4, -0.2) is 44.2 Å². The zero-order valence-corrected chi connectivity index (χ0v) is 24.1. The largest absolute Gasteiger partial charge is 0.489 e. The number of amides is 2. The number of H-pyrrole nitrogens is 1. The fourth-order valence-corrected chi connectivity index (χ4v) is 6.08. The number of anilines is 1. The number of hydrogen-bond acceptors (Lipinski definition) is 5. The molecule has 4 aromatic rings. The summed E-state index contributed by atoms with van der Waals surface area (Å²) < 4.78 is 51.5. The van der Waals surface area contributed by atoms with Gasteiger partial charge in [-0.25, -0.2) is 8.78 Å². The molecule has 1 unspecified atom stereocenters. The Balaban J connectivity index is 1.38. The van der Waals surface area contributed by atoms with Crippen LogP contribution in [0.25, 0.3) is 11.3 Å². The second kappa shape index (κ2) is 10.6. The molecular weight excluding hydrogens is 561 g/mol. The summed E-state index contributed by atoms with van der Waals surface area (Å²) in [5, 5.41) is 9.74. The SMILES string of the molecule is Cc1c[nH]c(C)c1-c1ncc(NC(=O)[C@@H](NC(=O)c2ccnn2C(C)C)C2c3ccc(F)c(F)c3OCC23CC3)cc1F. The lowest BCUT2D eigenvalue weighted by atomic mass is 9.75. The zero-order chi connectivity index (χ0) is 30.6. The highest BCUT2D eigenvalue weighted by atomic mass is 19.2. The van der Waals surface area contributed by atoms with Crippen molar-refractivity contribution in [3.63, 3.8) is 0 Å². The van der Waals surface area contributed by atoms with Crippen LogP contribution in [0, 0.1) is 36.7 Å². The number of pyridine rings is 1. The molecule has 1 aliphatic heterocycles. The van der Waals surface area contributed by atoms with Crippen molar-refractivity contribution >= 4 is 17.5 Å². The fraction of sp³-hybridized carbons (Fsp3) is 0.355. The third-order valence-corrected chi connectivity index (χ3v) is 8.39. The summed E-state index contributed by atoms with van der Waals surface area (Å²) in [6.07, 6.45) is 5.89. The zero-order valence-electron chi connectivity index (χ0n) is 24.1. The van der Waals surface area contributed by atoms with Crippen LogP contribution in [0.3, 0.4) is 0 Å². The highest BCUT2D eigenvalue weighted by Gasteiger charge is 2.58. The van der Waals surface area contributed by atoms with Gasteiger partial charge < -0.3 is 20.4 Å². The number of carbonyl (C=O) groups is 2. The van der Waals surface area contributed by atoms with Crippen molar-refractivity contribution in [2.24, 2.45) is 5.41 Å². The van der Waals surface area contributed by atoms with Gasteiger partial charge in [0, 0.05) is 52.7 Å². The van der Waals surface area contributed by atoms with Gasteiger partial charge in [-0.15, -0.1) is 0 Å². The molecule has 43 heavy (non-hydrogen) atoms. The van der Waals surface area contributed by atoms with E-state index in [1.54, 1.807) is 6.20 Å². The van der Waals surface area contributed by atoms with Crippen molar-refractivity contribution in [2.75, 3.05) is 11.9 Å². The smallest absolute Gasteiger partial charge is 0.270 e. The lowest BCUT2D eigenvalue weighted by Crippen LogP contribution is -2.52. The molecule has 224 valence electrons. The Hall–Kier alpha value is -4.61. The first-order valence-electron chi connectivity index (χ1n) is 14.1. The quantitative estimate of drug-likeness (QED) is 0.259. The topological polar surface area (TPSA) is 114 Å². The number of aromatic amines is 1. The van der Waals surface area contributed by atoms with E-state index in [1.807, 2.05) is 27.7 Å². The molecule has 2 amide bonds. The minimum Gasteiger partial charge on any atom is -0.489 e. The molecular formula is C31H31F3N6O3. The van der Waals surface area contributed by atoms with Gasteiger partial charge in [-0.3, -0.25) is 19.3 Å². The second-order valence-corrected chi connectivity index (χ2v) is 11.6. The number of carbonyl (C=O) groups excluding carboxylic acids is 2. The Kier molecular flexibility index (Phi) is 7.02. The van der Waals surface area contributed by atoms with Gasteiger partial charge >= 0.3 is 0 Å². The van der Waals surface area contributed by atoms with E-state index in [4.69, 9.17) is 4.74 Å². The molecule has 3 N–H and O–H groups in total. The first kappa shape index (κ1) is 28.5. The number of benzene rings is 1. The molecule has 3 aromatic heterocycles. The van der Waals surface area contributed by atoms with E-state index in [0.717, 1.165) is 17.3 Å². The maximum Gasteiger partial charge on any atom is 0.270 e. The molecule has 2 aliphatic rings. The summed E-state index contributed by atoms with van der Waals surface area (Å²) in [7, 11) is 0. The lowest BCUT2D eigenvalue weighted by molar-refractivity contribution is -0.119. The summed E-state index contributed by atoms with van der Waals surface area (Å²) in [4.78, 5) is 35.0. The van der Waals surface area contributed by atoms with Gasteiger partial charge in [-0.05, 0) is 58.2 Å². The van der Waals surface area contributed by atoms with E-state index in [9.17, 15) is 18.4 Å². The van der Waals surface area contributed by atoms with Crippen LogP contribution in [0.1, 0.15) is 66.0 Å². The van der Waals surface area contributed by atoms with E-state index in [1.165, 1.54) is 35.3 Å². The number of rotatable bonds is 7. The number of ether oxygens (including phenoxy) is 1. The fourth-order valence-electron chi connectivity index (χ4n) is 6.08. The molecule has 0 saturated heterocycles. The molecule has 2 atom stereocenters. The molecule has 1 saturated carbocycles. The number of fused-ring (bicyclic) bond motifs is 1. The number of aryl methyl sites for hydroxylation is 2. The van der Waals surface area contributed by atoms with Crippen LogP contribution >= 0.6 is 0 Å². The molecule has 1 spiro atoms. The van der Waals surface area contributed by atoms with Crippen LogP contribution in [0.4, 0.5) is 18.9 Å². The minimum atomic E-state index is -1.25. The van der Waals surface area contributed by atoms with E-state index in [-0.39, 0.29) is 41.0 Å². The molecule has 4 heterocycles. The first-order chi connectivity index (χ1) is 20.5. The number of nitrogens with zero attached hydrogens (tertiary/aromatic N) is 3. The Morgan fingerprint density at radius 2 is 1.91 bits per heavy atom. The van der Waals surface area contributed by atoms with Crippen LogP contribution in [0.5, 0.6) is 5.75 Å². The van der Waals surface area contributed by atoms with Crippen molar-refractivity contribution in [3.05, 3.63) is 82.8 Å². The lowest BCUT2D eigenvalue weighted by Gasteiger charge is -2.38. The van der Waals surface area contributed by atoms with Gasteiger partial charge in [0.05, 0.1) is 18.5 Å². The molecule has 1 aromatic carbocycles. The summed E-state index contributed by atoms with van der Waals surface area (Å²) >= 11 is 0. The summed E-state index contributed by atoms with van der Waals surface area (Å²) in [6.45, 7) is 7.42. The molecule has 9 nitrogen and oxygen atoms in total. The Bertz CT molecular complexity index is 1720. The van der Waals surface area contributed by atoms with Crippen molar-refractivity contribution in [3.8, 4) is 17.0 Å². The Morgan fingerprint density at radius 1 is 1.14 bits per heavy atom. The van der Waals surface area contributed by atoms with Gasteiger partial charge in [0.25, 0.3) is 5.91 Å². The molecule has 12 heteroatoms. The van der Waals surface area contributed by atoms with E-state index >= 15 is 4.39 Å². The predicted molar refractivity (Wildman–Crippen MR) is 152 cm³/mol. The van der Waals surface area contributed by atoms with Gasteiger partial charge in [0.2, 0.25) is 11.7 Å². The highest BCUT2D eigenvalue weighted by molar-refractivity contribution is 6.01. The van der Waals surface area contributed by atoms with Crippen LogP contribution in [0.2, 0.25) is 0 Å². The van der Waals surface area contributed by atoms with E-state index in [2.05, 4.69) is 25.7 Å². The second-order valence-electron chi connectivity index (χ2n) is 11.6. The standard InChI is InChI=1S/C31H31F3N6O3/c1-15(2)40-22(7-10-37-40)29(41)39-27(24-19-5-6-20(32)25(34)28(19)43-14-31(24)8-9-31)30(42)38-18-11-21(33)26(36-13-18)23-16(3)12-35-17(23)4/h5-7,10-13,15,24,27,35H,8-9,14H2,1-4H3,(H,38,42)(H,39,41)/t24?,27-/m0/s1. The summed E-state index contributed by atoms with van der Waals surface area (Å²) in [5.41, 5.74) is 2.33. The minimum absolute atomic E-state index is 0.0505. The average Bonchev–Trinajstić information content (AvgIpc) is 3.39. The van der Waals surface area contributed by atoms with Gasteiger partial charge in [-0.1, -0.05) is 6.07 Å². The maximum absolute atomic E-state index is 15.3.